The number of imidazole rings is 1. The molecule has 2 heterocycles. The number of hydrogen-bond acceptors (Lipinski definition) is 4. The third kappa shape index (κ3) is 5.33. The van der Waals surface area contributed by atoms with Gasteiger partial charge in [0.1, 0.15) is 12.4 Å². The Kier molecular flexibility index (Phi) is 7.97. The molecular weight excluding hydrogens is 413 g/mol. The number of amides is 1. The van der Waals surface area contributed by atoms with Gasteiger partial charge in [-0.2, -0.15) is 0 Å². The molecule has 0 saturated carbocycles. The maximum absolute atomic E-state index is 13.2. The number of fused-ring (bicyclic) bond motifs is 1. The molecule has 32 heavy (non-hydrogen) atoms. The average molecular weight is 444 g/mol. The molecule has 0 fully saturated rings. The largest absolute Gasteiger partial charge is 0.354 e. The van der Waals surface area contributed by atoms with Gasteiger partial charge >= 0.3 is 5.69 Å². The molecule has 2 aromatic heterocycles. The monoisotopic (exact) mass is 443 g/mol. The van der Waals surface area contributed by atoms with Crippen LogP contribution in [-0.2, 0) is 30.8 Å². The van der Waals surface area contributed by atoms with Crippen molar-refractivity contribution in [1.82, 2.24) is 24.0 Å². The first-order valence-corrected chi connectivity index (χ1v) is 11.2. The average Bonchev–Trinajstić information content (AvgIpc) is 3.20. The number of unbranched alkanes of at least 4 members (excludes halogenated alkanes) is 2. The number of carbonyl (C=O) groups excluding carboxylic acids is 1. The van der Waals surface area contributed by atoms with E-state index in [0.717, 1.165) is 35.8 Å². The zero-order chi connectivity index (χ0) is 23.1. The molecule has 172 valence electrons. The molecule has 0 unspecified atom stereocenters. The highest BCUT2D eigenvalue weighted by atomic mass is 19.1. The van der Waals surface area contributed by atoms with Gasteiger partial charge in [-0.05, 0) is 37.0 Å². The summed E-state index contributed by atoms with van der Waals surface area (Å²) in [6.45, 7) is 5.10. The van der Waals surface area contributed by atoms with Crippen LogP contribution in [-0.4, -0.2) is 31.1 Å². The number of aryl methyl sites for hydroxylation is 2. The lowest BCUT2D eigenvalue weighted by Gasteiger charge is -2.12. The number of aromatic nitrogens is 4. The van der Waals surface area contributed by atoms with Crippen LogP contribution in [0.2, 0.25) is 0 Å². The lowest BCUT2D eigenvalue weighted by Crippen LogP contribution is -2.44. The van der Waals surface area contributed by atoms with Crippen molar-refractivity contribution in [2.24, 2.45) is 0 Å². The van der Waals surface area contributed by atoms with Crippen molar-refractivity contribution in [3.05, 3.63) is 62.8 Å². The van der Waals surface area contributed by atoms with Crippen molar-refractivity contribution in [2.75, 3.05) is 6.54 Å². The van der Waals surface area contributed by atoms with E-state index in [1.807, 2.05) is 6.92 Å². The maximum atomic E-state index is 13.2. The lowest BCUT2D eigenvalue weighted by molar-refractivity contribution is -0.121. The minimum Gasteiger partial charge on any atom is -0.354 e. The number of benzene rings is 1. The zero-order valence-electron chi connectivity index (χ0n) is 18.6. The van der Waals surface area contributed by atoms with Crippen LogP contribution in [0.3, 0.4) is 0 Å². The number of rotatable bonds is 11. The molecule has 1 aromatic carbocycles. The maximum Gasteiger partial charge on any atom is 0.333 e. The molecule has 0 bridgehead atoms. The quantitative estimate of drug-likeness (QED) is 0.493. The number of carbonyl (C=O) groups is 1. The highest BCUT2D eigenvalue weighted by Crippen LogP contribution is 2.09. The summed E-state index contributed by atoms with van der Waals surface area (Å²) < 4.78 is 17.3. The van der Waals surface area contributed by atoms with E-state index in [1.54, 1.807) is 23.0 Å². The molecule has 0 aliphatic heterocycles. The van der Waals surface area contributed by atoms with Crippen LogP contribution in [0, 0.1) is 5.82 Å². The summed E-state index contributed by atoms with van der Waals surface area (Å²) in [5.41, 5.74) is 0.586. The van der Waals surface area contributed by atoms with E-state index < -0.39 is 17.2 Å². The Hall–Kier alpha value is -3.23. The summed E-state index contributed by atoms with van der Waals surface area (Å²) in [4.78, 5) is 43.1. The van der Waals surface area contributed by atoms with Gasteiger partial charge in [0.05, 0.1) is 6.33 Å². The van der Waals surface area contributed by atoms with E-state index in [4.69, 9.17) is 0 Å². The van der Waals surface area contributed by atoms with Crippen LogP contribution < -0.4 is 16.6 Å². The minimum absolute atomic E-state index is 0.315. The normalized spacial score (nSPS) is 11.2. The SMILES string of the molecule is CCCCn1cnc2c1c(=O)n(CC(=O)NCCc1ccc(F)cc1)c(=O)n2CCCC. The predicted molar refractivity (Wildman–Crippen MR) is 121 cm³/mol. The molecule has 1 amide bonds. The summed E-state index contributed by atoms with van der Waals surface area (Å²) in [6.07, 6.45) is 5.59. The molecule has 0 aliphatic carbocycles. The molecule has 0 radical (unpaired) electrons. The third-order valence-corrected chi connectivity index (χ3v) is 5.42. The molecule has 9 heteroatoms. The Morgan fingerprint density at radius 3 is 2.41 bits per heavy atom. The molecule has 0 aliphatic rings. The van der Waals surface area contributed by atoms with Gasteiger partial charge in [0.25, 0.3) is 5.56 Å². The molecule has 0 spiro atoms. The summed E-state index contributed by atoms with van der Waals surface area (Å²) in [7, 11) is 0. The van der Waals surface area contributed by atoms with Crippen LogP contribution in [0.5, 0.6) is 0 Å². The zero-order valence-corrected chi connectivity index (χ0v) is 18.6. The Morgan fingerprint density at radius 2 is 1.72 bits per heavy atom. The molecule has 3 aromatic rings. The van der Waals surface area contributed by atoms with Crippen molar-refractivity contribution < 1.29 is 9.18 Å². The van der Waals surface area contributed by atoms with Crippen LogP contribution in [0.25, 0.3) is 11.2 Å². The van der Waals surface area contributed by atoms with Gasteiger partial charge in [0.15, 0.2) is 11.2 Å². The predicted octanol–water partition coefficient (Wildman–Crippen LogP) is 2.46. The van der Waals surface area contributed by atoms with Crippen LogP contribution in [0.1, 0.15) is 45.1 Å². The van der Waals surface area contributed by atoms with E-state index >= 15 is 0 Å². The number of halogens is 1. The number of hydrogen-bond donors (Lipinski definition) is 1. The first kappa shape index (κ1) is 23.4. The fourth-order valence-electron chi connectivity index (χ4n) is 3.59. The number of nitrogens with zero attached hydrogens (tertiary/aromatic N) is 4. The van der Waals surface area contributed by atoms with E-state index in [-0.39, 0.29) is 12.4 Å². The van der Waals surface area contributed by atoms with Gasteiger partial charge in [-0.15, -0.1) is 0 Å². The van der Waals surface area contributed by atoms with Crippen LogP contribution in [0.4, 0.5) is 4.39 Å². The van der Waals surface area contributed by atoms with Gasteiger partial charge in [0.2, 0.25) is 5.91 Å². The fourth-order valence-corrected chi connectivity index (χ4v) is 3.59. The number of nitrogens with one attached hydrogen (secondary N) is 1. The van der Waals surface area contributed by atoms with E-state index in [9.17, 15) is 18.8 Å². The second kappa shape index (κ2) is 10.9. The van der Waals surface area contributed by atoms with Gasteiger partial charge in [-0.25, -0.2) is 18.7 Å². The summed E-state index contributed by atoms with van der Waals surface area (Å²) in [5.74, 6) is -0.739. The summed E-state index contributed by atoms with van der Waals surface area (Å²) in [6, 6.07) is 6.05. The smallest absolute Gasteiger partial charge is 0.333 e. The van der Waals surface area contributed by atoms with Crippen molar-refractivity contribution in [1.29, 1.82) is 0 Å². The van der Waals surface area contributed by atoms with Gasteiger partial charge in [-0.1, -0.05) is 38.8 Å². The Labute approximate surface area is 185 Å². The standard InChI is InChI=1S/C23H30FN5O3/c1-3-5-13-27-16-26-21-20(27)22(31)29(23(32)28(21)14-6-4-2)15-19(30)25-12-11-17-7-9-18(24)10-8-17/h7-10,16H,3-6,11-15H2,1-2H3,(H,25,30). The summed E-state index contributed by atoms with van der Waals surface area (Å²) >= 11 is 0. The van der Waals surface area contributed by atoms with Gasteiger partial charge in [-0.3, -0.25) is 14.2 Å². The molecular formula is C23H30FN5O3. The topological polar surface area (TPSA) is 90.9 Å². The second-order valence-corrected chi connectivity index (χ2v) is 7.87. The summed E-state index contributed by atoms with van der Waals surface area (Å²) in [5, 5.41) is 2.74. The van der Waals surface area contributed by atoms with Crippen molar-refractivity contribution >= 4 is 17.1 Å². The van der Waals surface area contributed by atoms with Gasteiger partial charge in [0, 0.05) is 19.6 Å². The van der Waals surface area contributed by atoms with Crippen LogP contribution in [0.15, 0.2) is 40.2 Å². The highest BCUT2D eigenvalue weighted by Gasteiger charge is 2.19. The van der Waals surface area contributed by atoms with E-state index in [1.165, 1.54) is 16.7 Å². The van der Waals surface area contributed by atoms with Crippen molar-refractivity contribution in [2.45, 2.75) is 65.6 Å². The first-order chi connectivity index (χ1) is 15.5. The first-order valence-electron chi connectivity index (χ1n) is 11.2. The third-order valence-electron chi connectivity index (χ3n) is 5.42. The molecule has 1 N–H and O–H groups in total. The molecule has 3 rings (SSSR count). The van der Waals surface area contributed by atoms with E-state index in [2.05, 4.69) is 17.2 Å². The highest BCUT2D eigenvalue weighted by molar-refractivity contribution is 5.76. The fraction of sp³-hybridized carbons (Fsp3) is 0.478. The molecule has 0 atom stereocenters. The van der Waals surface area contributed by atoms with E-state index in [0.29, 0.717) is 37.2 Å². The van der Waals surface area contributed by atoms with Crippen molar-refractivity contribution in [3.63, 3.8) is 0 Å². The van der Waals surface area contributed by atoms with Crippen LogP contribution >= 0.6 is 0 Å². The van der Waals surface area contributed by atoms with Crippen molar-refractivity contribution in [3.8, 4) is 0 Å². The Bertz CT molecular complexity index is 1180. The van der Waals surface area contributed by atoms with Gasteiger partial charge < -0.3 is 9.88 Å². The minimum atomic E-state index is -0.523. The lowest BCUT2D eigenvalue weighted by atomic mass is 10.1. The molecule has 0 saturated heterocycles. The Morgan fingerprint density at radius 1 is 1.03 bits per heavy atom. The molecule has 8 nitrogen and oxygen atoms in total. The second-order valence-electron chi connectivity index (χ2n) is 7.87. The Balaban J connectivity index is 1.83.